The molecule has 0 bridgehead atoms. The molecule has 0 aliphatic carbocycles. The molecule has 3 aromatic rings. The van der Waals surface area contributed by atoms with E-state index in [2.05, 4.69) is 15.6 Å². The number of hydrogen-bond donors (Lipinski definition) is 5. The Morgan fingerprint density at radius 3 is 2.55 bits per heavy atom. The number of amides is 3. The molecule has 1 aliphatic rings. The number of nitrogens with zero attached hydrogens (tertiary/aromatic N) is 2. The number of benzene rings is 1. The van der Waals surface area contributed by atoms with E-state index in [1.807, 2.05) is 0 Å². The molecule has 1 aromatic carbocycles. The first kappa shape index (κ1) is 30.7. The second-order valence-electron chi connectivity index (χ2n) is 9.75. The van der Waals surface area contributed by atoms with Crippen molar-refractivity contribution in [3.05, 3.63) is 76.0 Å². The van der Waals surface area contributed by atoms with Crippen molar-refractivity contribution in [1.82, 2.24) is 20.5 Å². The summed E-state index contributed by atoms with van der Waals surface area (Å²) in [6.45, 7) is -1.43. The molecule has 222 valence electrons. The van der Waals surface area contributed by atoms with Crippen LogP contribution in [0.5, 0.6) is 0 Å². The molecule has 1 saturated heterocycles. The predicted molar refractivity (Wildman–Crippen MR) is 154 cm³/mol. The topological polar surface area (TPSA) is 196 Å². The molecule has 0 radical (unpaired) electrons. The molecule has 42 heavy (non-hydrogen) atoms. The number of aliphatic hydroxyl groups is 1. The van der Waals surface area contributed by atoms with Crippen LogP contribution in [0.2, 0.25) is 0 Å². The minimum absolute atomic E-state index is 0.187. The zero-order valence-electron chi connectivity index (χ0n) is 22.4. The van der Waals surface area contributed by atoms with Gasteiger partial charge in [-0.3, -0.25) is 19.8 Å². The van der Waals surface area contributed by atoms with E-state index in [0.29, 0.717) is 21.6 Å². The van der Waals surface area contributed by atoms with Crippen molar-refractivity contribution in [2.75, 3.05) is 26.0 Å². The first-order valence-electron chi connectivity index (χ1n) is 12.7. The average molecular weight is 617 g/mol. The summed E-state index contributed by atoms with van der Waals surface area (Å²) in [6, 6.07) is 9.46. The van der Waals surface area contributed by atoms with E-state index in [-0.39, 0.29) is 18.8 Å². The molecule has 3 atom stereocenters. The first-order chi connectivity index (χ1) is 19.9. The van der Waals surface area contributed by atoms with E-state index >= 15 is 0 Å². The van der Waals surface area contributed by atoms with Crippen LogP contribution >= 0.6 is 11.3 Å². The number of amidine groups is 1. The number of halogens is 1. The number of nitrogen functional groups attached to an aromatic ring is 1. The van der Waals surface area contributed by atoms with Gasteiger partial charge in [0.15, 0.2) is 21.3 Å². The molecule has 2 aromatic heterocycles. The van der Waals surface area contributed by atoms with Crippen molar-refractivity contribution >= 4 is 44.7 Å². The number of likely N-dealkylation sites (tertiary alicyclic amines) is 1. The second-order valence-corrected chi connectivity index (χ2v) is 13.0. The molecule has 1 unspecified atom stereocenters. The lowest BCUT2D eigenvalue weighted by Crippen LogP contribution is -2.50. The Balaban J connectivity index is 1.45. The summed E-state index contributed by atoms with van der Waals surface area (Å²) in [7, 11) is -3.64. The standard InChI is InChI=1S/C27H29FN6O6S2/c1-42(39,40)18-9-21(26(37)33-20(13-35)22-8-17(14-41-22)25(29)30)34(12-18)23(36)11-32-27(38)24-19(28)7-16(10-31-24)15-5-3-2-4-6-15/h2-8,10,14,18,20-21,35H,9,11-13H2,1H3,(H3,29,30)(H,32,38)(H,33,37)/t18-,20?,21+/m1/s1. The van der Waals surface area contributed by atoms with Crippen molar-refractivity contribution in [3.63, 3.8) is 0 Å². The Hall–Kier alpha value is -4.21. The summed E-state index contributed by atoms with van der Waals surface area (Å²) < 4.78 is 39.3. The Kier molecular flexibility index (Phi) is 9.33. The number of nitrogens with one attached hydrogen (secondary N) is 3. The van der Waals surface area contributed by atoms with Crippen LogP contribution in [-0.2, 0) is 19.4 Å². The summed E-state index contributed by atoms with van der Waals surface area (Å²) in [5.74, 6) is -3.50. The van der Waals surface area contributed by atoms with Gasteiger partial charge in [0.2, 0.25) is 11.8 Å². The minimum Gasteiger partial charge on any atom is -0.394 e. The van der Waals surface area contributed by atoms with Gasteiger partial charge in [-0.25, -0.2) is 17.8 Å². The van der Waals surface area contributed by atoms with Crippen LogP contribution in [0.25, 0.3) is 11.1 Å². The maximum Gasteiger partial charge on any atom is 0.273 e. The quantitative estimate of drug-likeness (QED) is 0.163. The van der Waals surface area contributed by atoms with Crippen LogP contribution in [-0.4, -0.2) is 84.2 Å². The zero-order valence-corrected chi connectivity index (χ0v) is 24.0. The van der Waals surface area contributed by atoms with Crippen molar-refractivity contribution in [3.8, 4) is 11.1 Å². The number of aromatic nitrogens is 1. The molecular weight excluding hydrogens is 587 g/mol. The number of rotatable bonds is 10. The van der Waals surface area contributed by atoms with E-state index in [4.69, 9.17) is 11.1 Å². The molecule has 4 rings (SSSR count). The third-order valence-electron chi connectivity index (χ3n) is 6.83. The van der Waals surface area contributed by atoms with Crippen LogP contribution in [0.15, 0.2) is 54.0 Å². The van der Waals surface area contributed by atoms with E-state index < -0.39 is 69.6 Å². The second kappa shape index (κ2) is 12.8. The van der Waals surface area contributed by atoms with Gasteiger partial charge in [-0.15, -0.1) is 11.3 Å². The summed E-state index contributed by atoms with van der Waals surface area (Å²) in [4.78, 5) is 44.5. The Bertz CT molecular complexity index is 1610. The zero-order chi connectivity index (χ0) is 30.6. The van der Waals surface area contributed by atoms with Gasteiger partial charge in [0, 0.05) is 40.4 Å². The number of nitrogens with two attached hydrogens (primary N) is 1. The fourth-order valence-electron chi connectivity index (χ4n) is 4.52. The van der Waals surface area contributed by atoms with Gasteiger partial charge in [0.05, 0.1) is 24.4 Å². The van der Waals surface area contributed by atoms with Crippen LogP contribution in [0.3, 0.4) is 0 Å². The van der Waals surface area contributed by atoms with E-state index in [0.717, 1.165) is 28.6 Å². The monoisotopic (exact) mass is 616 g/mol. The maximum absolute atomic E-state index is 14.7. The molecule has 0 spiro atoms. The maximum atomic E-state index is 14.7. The van der Waals surface area contributed by atoms with E-state index in [1.54, 1.807) is 41.8 Å². The summed E-state index contributed by atoms with van der Waals surface area (Å²) >= 11 is 1.16. The smallest absolute Gasteiger partial charge is 0.273 e. The molecule has 3 heterocycles. The number of thiophene rings is 1. The van der Waals surface area contributed by atoms with Crippen LogP contribution < -0.4 is 16.4 Å². The van der Waals surface area contributed by atoms with Gasteiger partial charge in [0.1, 0.15) is 11.9 Å². The highest BCUT2D eigenvalue weighted by Crippen LogP contribution is 2.26. The van der Waals surface area contributed by atoms with Crippen molar-refractivity contribution in [1.29, 1.82) is 5.41 Å². The Morgan fingerprint density at radius 2 is 1.95 bits per heavy atom. The van der Waals surface area contributed by atoms with Crippen LogP contribution in [0, 0.1) is 11.2 Å². The first-order valence-corrected chi connectivity index (χ1v) is 15.5. The minimum atomic E-state index is -3.64. The fourth-order valence-corrected chi connectivity index (χ4v) is 6.43. The lowest BCUT2D eigenvalue weighted by Gasteiger charge is -2.26. The third-order valence-corrected chi connectivity index (χ3v) is 9.43. The van der Waals surface area contributed by atoms with Gasteiger partial charge in [-0.05, 0) is 24.1 Å². The lowest BCUT2D eigenvalue weighted by atomic mass is 10.1. The van der Waals surface area contributed by atoms with E-state index in [1.165, 1.54) is 6.20 Å². The number of carbonyl (C=O) groups excluding carboxylic acids is 3. The molecular formula is C27H29FN6O6S2. The largest absolute Gasteiger partial charge is 0.394 e. The van der Waals surface area contributed by atoms with Gasteiger partial charge >= 0.3 is 0 Å². The van der Waals surface area contributed by atoms with Gasteiger partial charge < -0.3 is 26.4 Å². The van der Waals surface area contributed by atoms with Crippen molar-refractivity contribution < 1.29 is 32.3 Å². The Morgan fingerprint density at radius 1 is 1.24 bits per heavy atom. The SMILES string of the molecule is CS(=O)(=O)[C@@H]1C[C@@H](C(=O)NC(CO)c2cc(C(=N)N)cs2)N(C(=O)CNC(=O)c2ncc(-c3ccccc3)cc2F)C1. The van der Waals surface area contributed by atoms with Gasteiger partial charge in [-0.1, -0.05) is 30.3 Å². The molecule has 3 amide bonds. The number of pyridine rings is 1. The molecule has 1 fully saturated rings. The lowest BCUT2D eigenvalue weighted by molar-refractivity contribution is -0.138. The molecule has 1 aliphatic heterocycles. The number of hydrogen-bond acceptors (Lipinski definition) is 9. The van der Waals surface area contributed by atoms with Crippen molar-refractivity contribution in [2.45, 2.75) is 23.8 Å². The van der Waals surface area contributed by atoms with Gasteiger partial charge in [-0.2, -0.15) is 0 Å². The number of sulfone groups is 1. The van der Waals surface area contributed by atoms with Crippen LogP contribution in [0.1, 0.15) is 33.4 Å². The summed E-state index contributed by atoms with van der Waals surface area (Å²) in [6.07, 6.45) is 2.14. The molecule has 0 saturated carbocycles. The van der Waals surface area contributed by atoms with Crippen molar-refractivity contribution in [2.24, 2.45) is 5.73 Å². The molecule has 12 nitrogen and oxygen atoms in total. The molecule has 6 N–H and O–H groups in total. The highest BCUT2D eigenvalue weighted by molar-refractivity contribution is 7.91. The normalized spacial score (nSPS) is 17.5. The highest BCUT2D eigenvalue weighted by Gasteiger charge is 2.44. The number of carbonyl (C=O) groups is 3. The summed E-state index contributed by atoms with van der Waals surface area (Å²) in [5.41, 5.74) is 6.53. The fraction of sp³-hybridized carbons (Fsp3) is 0.296. The third kappa shape index (κ3) is 6.98. The average Bonchev–Trinajstić information content (AvgIpc) is 3.63. The van der Waals surface area contributed by atoms with Gasteiger partial charge in [0.25, 0.3) is 5.91 Å². The summed E-state index contributed by atoms with van der Waals surface area (Å²) in [5, 5.41) is 22.9. The van der Waals surface area contributed by atoms with Crippen LogP contribution in [0.4, 0.5) is 4.39 Å². The predicted octanol–water partition coefficient (Wildman–Crippen LogP) is 0.827. The Labute approximate surface area is 245 Å². The molecule has 15 heteroatoms. The number of aliphatic hydroxyl groups excluding tert-OH is 1. The van der Waals surface area contributed by atoms with E-state index in [9.17, 15) is 32.3 Å². The highest BCUT2D eigenvalue weighted by atomic mass is 32.2.